The van der Waals surface area contributed by atoms with Crippen molar-refractivity contribution in [1.82, 2.24) is 4.90 Å². The van der Waals surface area contributed by atoms with Gasteiger partial charge in [-0.25, -0.2) is 4.39 Å². The van der Waals surface area contributed by atoms with Crippen molar-refractivity contribution in [1.29, 1.82) is 0 Å². The minimum absolute atomic E-state index is 0.0490. The number of nitrogens with one attached hydrogen (secondary N) is 1. The van der Waals surface area contributed by atoms with Crippen molar-refractivity contribution in [2.24, 2.45) is 0 Å². The number of anilines is 2. The van der Waals surface area contributed by atoms with Gasteiger partial charge in [-0.2, -0.15) is 0 Å². The average molecular weight is 397 g/mol. The van der Waals surface area contributed by atoms with Gasteiger partial charge >= 0.3 is 0 Å². The number of carbonyl (C=O) groups is 2. The Morgan fingerprint density at radius 2 is 1.62 bits per heavy atom. The highest BCUT2D eigenvalue weighted by Gasteiger charge is 2.21. The summed E-state index contributed by atoms with van der Waals surface area (Å²) in [6, 6.07) is 13.9. The summed E-state index contributed by atoms with van der Waals surface area (Å²) in [5, 5.41) is 2.92. The fourth-order valence-corrected chi connectivity index (χ4v) is 3.42. The first-order valence-corrected chi connectivity index (χ1v) is 10.2. The molecule has 6 heteroatoms. The topological polar surface area (TPSA) is 52.7 Å². The van der Waals surface area contributed by atoms with Crippen LogP contribution in [0.2, 0.25) is 0 Å². The van der Waals surface area contributed by atoms with E-state index in [4.69, 9.17) is 0 Å². The van der Waals surface area contributed by atoms with Gasteiger partial charge in [0.1, 0.15) is 5.82 Å². The standard InChI is InChI=1S/C23H28FN3O2/c1-2-3-4-22(28)25-20-9-11-21(12-10-20)26-13-15-27(16-14-26)23(29)17-18-5-7-19(24)8-6-18/h5-12H,2-4,13-17H2,1H3,(H,25,28). The van der Waals surface area contributed by atoms with Crippen LogP contribution in [0.1, 0.15) is 31.7 Å². The van der Waals surface area contributed by atoms with Gasteiger partial charge in [-0.1, -0.05) is 25.5 Å². The van der Waals surface area contributed by atoms with Crippen LogP contribution < -0.4 is 10.2 Å². The second-order valence-electron chi connectivity index (χ2n) is 7.37. The molecule has 0 saturated carbocycles. The molecule has 0 radical (unpaired) electrons. The average Bonchev–Trinajstić information content (AvgIpc) is 2.74. The molecule has 0 aromatic heterocycles. The SMILES string of the molecule is CCCCC(=O)Nc1ccc(N2CCN(C(=O)Cc3ccc(F)cc3)CC2)cc1. The number of rotatable bonds is 7. The molecule has 1 saturated heterocycles. The smallest absolute Gasteiger partial charge is 0.227 e. The van der Waals surface area contributed by atoms with Crippen LogP contribution in [0.15, 0.2) is 48.5 Å². The fourth-order valence-electron chi connectivity index (χ4n) is 3.42. The maximum atomic E-state index is 13.0. The summed E-state index contributed by atoms with van der Waals surface area (Å²) < 4.78 is 13.0. The first-order valence-electron chi connectivity index (χ1n) is 10.2. The zero-order valence-electron chi connectivity index (χ0n) is 16.9. The Bertz CT molecular complexity index is 813. The highest BCUT2D eigenvalue weighted by atomic mass is 19.1. The zero-order valence-corrected chi connectivity index (χ0v) is 16.9. The molecule has 1 fully saturated rings. The summed E-state index contributed by atoms with van der Waals surface area (Å²) in [7, 11) is 0. The first-order chi connectivity index (χ1) is 14.0. The van der Waals surface area contributed by atoms with E-state index in [1.54, 1.807) is 12.1 Å². The molecule has 2 amide bonds. The highest BCUT2D eigenvalue weighted by molar-refractivity contribution is 5.90. The van der Waals surface area contributed by atoms with Crippen molar-refractivity contribution in [2.75, 3.05) is 36.4 Å². The van der Waals surface area contributed by atoms with Crippen molar-refractivity contribution >= 4 is 23.2 Å². The lowest BCUT2D eigenvalue weighted by Crippen LogP contribution is -2.49. The molecule has 1 N–H and O–H groups in total. The third-order valence-electron chi connectivity index (χ3n) is 5.17. The highest BCUT2D eigenvalue weighted by Crippen LogP contribution is 2.20. The van der Waals surface area contributed by atoms with Gasteiger partial charge in [0.15, 0.2) is 0 Å². The summed E-state index contributed by atoms with van der Waals surface area (Å²) in [6.45, 7) is 4.91. The number of halogens is 1. The molecule has 5 nitrogen and oxygen atoms in total. The van der Waals surface area contributed by atoms with E-state index < -0.39 is 0 Å². The zero-order chi connectivity index (χ0) is 20.6. The summed E-state index contributed by atoms with van der Waals surface area (Å²) >= 11 is 0. The predicted octanol–water partition coefficient (Wildman–Crippen LogP) is 3.85. The van der Waals surface area contributed by atoms with Crippen molar-refractivity contribution < 1.29 is 14.0 Å². The monoisotopic (exact) mass is 397 g/mol. The largest absolute Gasteiger partial charge is 0.368 e. The van der Waals surface area contributed by atoms with E-state index in [0.717, 1.165) is 42.9 Å². The van der Waals surface area contributed by atoms with Crippen LogP contribution in [0.4, 0.5) is 15.8 Å². The molecule has 0 atom stereocenters. The third kappa shape index (κ3) is 6.04. The van der Waals surface area contributed by atoms with Gasteiger partial charge < -0.3 is 15.1 Å². The van der Waals surface area contributed by atoms with Gasteiger partial charge in [0.2, 0.25) is 11.8 Å². The van der Waals surface area contributed by atoms with Crippen LogP contribution in [-0.2, 0) is 16.0 Å². The van der Waals surface area contributed by atoms with Crippen molar-refractivity contribution in [3.8, 4) is 0 Å². The molecule has 1 aliphatic heterocycles. The predicted molar refractivity (Wildman–Crippen MR) is 113 cm³/mol. The number of unbranched alkanes of at least 4 members (excludes halogenated alkanes) is 1. The Morgan fingerprint density at radius 1 is 0.966 bits per heavy atom. The van der Waals surface area contributed by atoms with Crippen LogP contribution in [0, 0.1) is 5.82 Å². The number of nitrogens with zero attached hydrogens (tertiary/aromatic N) is 2. The molecule has 1 aliphatic rings. The van der Waals surface area contributed by atoms with Gasteiger partial charge in [-0.05, 0) is 48.4 Å². The Balaban J connectivity index is 1.48. The molecule has 154 valence electrons. The van der Waals surface area contributed by atoms with Crippen LogP contribution in [0.25, 0.3) is 0 Å². The van der Waals surface area contributed by atoms with E-state index >= 15 is 0 Å². The van der Waals surface area contributed by atoms with Gasteiger partial charge in [-0.3, -0.25) is 9.59 Å². The second-order valence-corrected chi connectivity index (χ2v) is 7.37. The Kier molecular flexibility index (Phi) is 7.22. The summed E-state index contributed by atoms with van der Waals surface area (Å²) in [6.07, 6.45) is 2.75. The van der Waals surface area contributed by atoms with Gasteiger partial charge in [0, 0.05) is 44.0 Å². The quantitative estimate of drug-likeness (QED) is 0.772. The second kappa shape index (κ2) is 10.0. The van der Waals surface area contributed by atoms with Crippen LogP contribution in [-0.4, -0.2) is 42.9 Å². The van der Waals surface area contributed by atoms with Crippen LogP contribution >= 0.6 is 0 Å². The molecule has 0 bridgehead atoms. The molecule has 3 rings (SSSR count). The Hall–Kier alpha value is -2.89. The summed E-state index contributed by atoms with van der Waals surface area (Å²) in [5.74, 6) is -0.171. The number of benzene rings is 2. The lowest BCUT2D eigenvalue weighted by molar-refractivity contribution is -0.130. The van der Waals surface area contributed by atoms with E-state index in [9.17, 15) is 14.0 Å². The maximum absolute atomic E-state index is 13.0. The molecular weight excluding hydrogens is 369 g/mol. The molecule has 2 aromatic carbocycles. The minimum atomic E-state index is -0.290. The van der Waals surface area contributed by atoms with Gasteiger partial charge in [-0.15, -0.1) is 0 Å². The molecular formula is C23H28FN3O2. The van der Waals surface area contributed by atoms with Gasteiger partial charge in [0.25, 0.3) is 0 Å². The maximum Gasteiger partial charge on any atom is 0.227 e. The number of piperazine rings is 1. The van der Waals surface area contributed by atoms with Crippen LogP contribution in [0.5, 0.6) is 0 Å². The van der Waals surface area contributed by atoms with Crippen LogP contribution in [0.3, 0.4) is 0 Å². The minimum Gasteiger partial charge on any atom is -0.368 e. The van der Waals surface area contributed by atoms with E-state index in [1.165, 1.54) is 12.1 Å². The van der Waals surface area contributed by atoms with E-state index in [0.29, 0.717) is 25.9 Å². The van der Waals surface area contributed by atoms with Gasteiger partial charge in [0.05, 0.1) is 6.42 Å². The molecule has 0 unspecified atom stereocenters. The fraction of sp³-hybridized carbons (Fsp3) is 0.391. The van der Waals surface area contributed by atoms with E-state index in [-0.39, 0.29) is 17.6 Å². The molecule has 2 aromatic rings. The third-order valence-corrected chi connectivity index (χ3v) is 5.17. The lowest BCUT2D eigenvalue weighted by Gasteiger charge is -2.36. The lowest BCUT2D eigenvalue weighted by atomic mass is 10.1. The molecule has 0 aliphatic carbocycles. The normalized spacial score (nSPS) is 14.0. The van der Waals surface area contributed by atoms with E-state index in [2.05, 4.69) is 17.1 Å². The van der Waals surface area contributed by atoms with E-state index in [1.807, 2.05) is 29.2 Å². The number of hydrogen-bond donors (Lipinski definition) is 1. The summed E-state index contributed by atoms with van der Waals surface area (Å²) in [4.78, 5) is 28.4. The number of amides is 2. The Labute approximate surface area is 171 Å². The Morgan fingerprint density at radius 3 is 2.24 bits per heavy atom. The van der Waals surface area contributed by atoms with Crippen molar-refractivity contribution in [3.63, 3.8) is 0 Å². The van der Waals surface area contributed by atoms with Crippen molar-refractivity contribution in [2.45, 2.75) is 32.6 Å². The number of carbonyl (C=O) groups excluding carboxylic acids is 2. The molecule has 1 heterocycles. The number of hydrogen-bond acceptors (Lipinski definition) is 3. The summed E-state index contributed by atoms with van der Waals surface area (Å²) in [5.41, 5.74) is 2.72. The molecule has 0 spiro atoms. The first kappa shape index (κ1) is 20.8. The molecule has 29 heavy (non-hydrogen) atoms. The van der Waals surface area contributed by atoms with Crippen molar-refractivity contribution in [3.05, 3.63) is 59.9 Å².